The molecule has 0 rings (SSSR count). The Balaban J connectivity index is 0. The Kier molecular flexibility index (Phi) is 25.2. The molecule has 0 fully saturated rings. The van der Waals surface area contributed by atoms with Crippen molar-refractivity contribution in [2.24, 2.45) is 0 Å². The van der Waals surface area contributed by atoms with Crippen molar-refractivity contribution in [3.05, 3.63) is 0 Å². The minimum absolute atomic E-state index is 0. The van der Waals surface area contributed by atoms with Crippen molar-refractivity contribution < 1.29 is 4.79 Å². The summed E-state index contributed by atoms with van der Waals surface area (Å²) in [5.74, 6) is -0.141. The zero-order chi connectivity index (χ0) is 16.3. The predicted octanol–water partition coefficient (Wildman–Crippen LogP) is 4.93. The van der Waals surface area contributed by atoms with E-state index in [1.165, 1.54) is 83.5 Å². The van der Waals surface area contributed by atoms with Crippen molar-refractivity contribution >= 4 is 54.8 Å². The Hall–Kier alpha value is 0.531. The third-order valence-electron chi connectivity index (χ3n) is 4.20. The molecule has 3 nitrogen and oxygen atoms in total. The van der Waals surface area contributed by atoms with Gasteiger partial charge in [-0.3, -0.25) is 10.1 Å². The van der Waals surface area contributed by atoms with Crippen molar-refractivity contribution in [2.45, 2.75) is 110 Å². The fourth-order valence-electron chi connectivity index (χ4n) is 2.78. The normalized spacial score (nSPS) is 9.91. The molecule has 0 saturated heterocycles. The van der Waals surface area contributed by atoms with Gasteiger partial charge in [0.25, 0.3) is 0 Å². The van der Waals surface area contributed by atoms with E-state index in [1.807, 2.05) is 0 Å². The number of nitriles is 1. The van der Waals surface area contributed by atoms with Crippen molar-refractivity contribution in [1.29, 1.82) is 5.26 Å². The van der Waals surface area contributed by atoms with Crippen LogP contribution >= 0.6 is 0 Å². The molecule has 0 aliphatic heterocycles. The van der Waals surface area contributed by atoms with Crippen molar-refractivity contribution in [3.8, 4) is 6.19 Å². The van der Waals surface area contributed by atoms with E-state index in [0.717, 1.165) is 12.8 Å². The fraction of sp³-hybridized carbons (Fsp3) is 0.895. The van der Waals surface area contributed by atoms with Crippen molar-refractivity contribution in [2.75, 3.05) is 0 Å². The second-order valence-electron chi connectivity index (χ2n) is 6.36. The van der Waals surface area contributed by atoms with E-state index in [9.17, 15) is 4.79 Å². The number of carbonyl (C=O) groups excluding carboxylic acids is 1. The SMILES string of the molecule is CCCCCCCCCCCCCCCCCC(=O)NC#N.[BaH2]. The summed E-state index contributed by atoms with van der Waals surface area (Å²) in [6.45, 7) is 2.27. The van der Waals surface area contributed by atoms with Gasteiger partial charge in [-0.15, -0.1) is 0 Å². The van der Waals surface area contributed by atoms with E-state index >= 15 is 0 Å². The number of unbranched alkanes of at least 4 members (excludes halogenated alkanes) is 14. The van der Waals surface area contributed by atoms with Crippen molar-refractivity contribution in [3.63, 3.8) is 0 Å². The number of nitrogens with one attached hydrogen (secondary N) is 1. The summed E-state index contributed by atoms with van der Waals surface area (Å²) in [5.41, 5.74) is 0. The molecule has 4 heteroatoms. The molecule has 132 valence electrons. The average molecular weight is 448 g/mol. The van der Waals surface area contributed by atoms with Gasteiger partial charge < -0.3 is 0 Å². The third kappa shape index (κ3) is 22.5. The number of amides is 1. The van der Waals surface area contributed by atoms with E-state index in [-0.39, 0.29) is 54.8 Å². The predicted molar refractivity (Wildman–Crippen MR) is 102 cm³/mol. The average Bonchev–Trinajstić information content (AvgIpc) is 2.51. The Labute approximate surface area is 184 Å². The first-order chi connectivity index (χ1) is 10.8. The molecular formula is C19H38BaN2O. The van der Waals surface area contributed by atoms with Crippen LogP contribution in [0, 0.1) is 11.5 Å². The summed E-state index contributed by atoms with van der Waals surface area (Å²) in [7, 11) is 0. The van der Waals surface area contributed by atoms with Gasteiger partial charge in [-0.05, 0) is 6.42 Å². The molecule has 0 radical (unpaired) electrons. The standard InChI is InChI=1S/C19H36N2O.Ba.2H/c1-2-3-4-5-6-7-8-9-10-11-12-13-14-15-16-17-19(22)21-18-20;;;/h2-17H2,1H3,(H,21,22);;;. The van der Waals surface area contributed by atoms with Gasteiger partial charge in [0.2, 0.25) is 5.91 Å². The van der Waals surface area contributed by atoms with Gasteiger partial charge in [0.1, 0.15) is 0 Å². The molecule has 0 saturated carbocycles. The number of rotatable bonds is 16. The van der Waals surface area contributed by atoms with E-state index in [1.54, 1.807) is 6.19 Å². The fourth-order valence-corrected chi connectivity index (χ4v) is 2.78. The van der Waals surface area contributed by atoms with E-state index in [2.05, 4.69) is 12.2 Å². The van der Waals surface area contributed by atoms with Crippen LogP contribution < -0.4 is 5.32 Å². The van der Waals surface area contributed by atoms with Crippen LogP contribution in [0.1, 0.15) is 110 Å². The van der Waals surface area contributed by atoms with Crippen LogP contribution in [0.25, 0.3) is 0 Å². The molecule has 0 bridgehead atoms. The van der Waals surface area contributed by atoms with Crippen LogP contribution in [0.3, 0.4) is 0 Å². The van der Waals surface area contributed by atoms with Gasteiger partial charge in [-0.2, -0.15) is 5.26 Å². The Bertz CT molecular complexity index is 290. The summed E-state index contributed by atoms with van der Waals surface area (Å²) in [6, 6.07) is 0. The molecule has 0 aliphatic carbocycles. The number of carbonyl (C=O) groups is 1. The second kappa shape index (κ2) is 22.5. The summed E-state index contributed by atoms with van der Waals surface area (Å²) in [5, 5.41) is 10.4. The first-order valence-corrected chi connectivity index (χ1v) is 9.49. The number of nitrogens with zero attached hydrogens (tertiary/aromatic N) is 1. The van der Waals surface area contributed by atoms with Gasteiger partial charge in [0, 0.05) is 6.42 Å². The molecule has 0 aliphatic rings. The molecule has 1 amide bonds. The van der Waals surface area contributed by atoms with Crippen LogP contribution in [0.2, 0.25) is 0 Å². The number of hydrogen-bond donors (Lipinski definition) is 1. The topological polar surface area (TPSA) is 52.9 Å². The monoisotopic (exact) mass is 448 g/mol. The first-order valence-electron chi connectivity index (χ1n) is 9.49. The quantitative estimate of drug-likeness (QED) is 0.158. The zero-order valence-corrected chi connectivity index (χ0v) is 14.7. The van der Waals surface area contributed by atoms with Crippen LogP contribution in [0.4, 0.5) is 0 Å². The summed E-state index contributed by atoms with van der Waals surface area (Å²) in [6.07, 6.45) is 22.1. The Morgan fingerprint density at radius 1 is 0.739 bits per heavy atom. The van der Waals surface area contributed by atoms with E-state index in [0.29, 0.717) is 6.42 Å². The van der Waals surface area contributed by atoms with Crippen LogP contribution in [0.15, 0.2) is 0 Å². The summed E-state index contributed by atoms with van der Waals surface area (Å²) >= 11 is 0. The number of hydrogen-bond acceptors (Lipinski definition) is 2. The van der Waals surface area contributed by atoms with Crippen LogP contribution in [0.5, 0.6) is 0 Å². The molecule has 0 aromatic heterocycles. The van der Waals surface area contributed by atoms with Gasteiger partial charge in [0.15, 0.2) is 6.19 Å². The van der Waals surface area contributed by atoms with Gasteiger partial charge in [0.05, 0.1) is 0 Å². The Morgan fingerprint density at radius 2 is 1.09 bits per heavy atom. The minimum atomic E-state index is -0.141. The molecule has 0 heterocycles. The third-order valence-corrected chi connectivity index (χ3v) is 4.20. The molecule has 0 aromatic rings. The van der Waals surface area contributed by atoms with Gasteiger partial charge in [-0.25, -0.2) is 0 Å². The molecular weight excluding hydrogens is 410 g/mol. The van der Waals surface area contributed by atoms with Crippen LogP contribution in [-0.4, -0.2) is 54.8 Å². The van der Waals surface area contributed by atoms with E-state index in [4.69, 9.17) is 5.26 Å². The van der Waals surface area contributed by atoms with E-state index < -0.39 is 0 Å². The summed E-state index contributed by atoms with van der Waals surface area (Å²) in [4.78, 5) is 11.0. The zero-order valence-electron chi connectivity index (χ0n) is 14.7. The molecule has 0 unspecified atom stereocenters. The maximum atomic E-state index is 11.0. The van der Waals surface area contributed by atoms with Gasteiger partial charge >= 0.3 is 48.9 Å². The Morgan fingerprint density at radius 3 is 1.43 bits per heavy atom. The maximum absolute atomic E-state index is 11.0. The van der Waals surface area contributed by atoms with Gasteiger partial charge in [-0.1, -0.05) is 96.8 Å². The second-order valence-corrected chi connectivity index (χ2v) is 6.36. The van der Waals surface area contributed by atoms with Crippen LogP contribution in [-0.2, 0) is 4.79 Å². The summed E-state index contributed by atoms with van der Waals surface area (Å²) < 4.78 is 0. The molecule has 0 aromatic carbocycles. The van der Waals surface area contributed by atoms with Crippen molar-refractivity contribution in [1.82, 2.24) is 5.32 Å². The molecule has 0 atom stereocenters. The molecule has 23 heavy (non-hydrogen) atoms. The molecule has 0 spiro atoms. The molecule has 1 N–H and O–H groups in total. The first kappa shape index (κ1) is 25.8.